The molecule has 1 aliphatic rings. The van der Waals surface area contributed by atoms with Crippen molar-refractivity contribution in [3.05, 3.63) is 71.8 Å². The molecule has 1 saturated heterocycles. The third kappa shape index (κ3) is 4.10. The highest BCUT2D eigenvalue weighted by Gasteiger charge is 2.34. The van der Waals surface area contributed by atoms with Gasteiger partial charge in [0.2, 0.25) is 5.91 Å². The molecule has 132 valence electrons. The Labute approximate surface area is 150 Å². The van der Waals surface area contributed by atoms with E-state index in [1.807, 2.05) is 41.3 Å². The predicted molar refractivity (Wildman–Crippen MR) is 102 cm³/mol. The van der Waals surface area contributed by atoms with Crippen molar-refractivity contribution in [3.63, 3.8) is 0 Å². The zero-order valence-corrected chi connectivity index (χ0v) is 15.1. The van der Waals surface area contributed by atoms with Crippen LogP contribution in [0.4, 0.5) is 0 Å². The molecule has 0 spiro atoms. The van der Waals surface area contributed by atoms with Gasteiger partial charge in [-0.05, 0) is 23.0 Å². The first-order valence-electron chi connectivity index (χ1n) is 9.19. The van der Waals surface area contributed by atoms with Gasteiger partial charge in [0.25, 0.3) is 0 Å². The van der Waals surface area contributed by atoms with Gasteiger partial charge in [0.15, 0.2) is 0 Å². The van der Waals surface area contributed by atoms with E-state index in [2.05, 4.69) is 38.1 Å². The maximum Gasteiger partial charge on any atom is 0.223 e. The number of benzene rings is 2. The van der Waals surface area contributed by atoms with Crippen molar-refractivity contribution in [2.75, 3.05) is 13.1 Å². The molecule has 2 aromatic carbocycles. The van der Waals surface area contributed by atoms with Gasteiger partial charge in [-0.1, -0.05) is 74.5 Å². The summed E-state index contributed by atoms with van der Waals surface area (Å²) in [5, 5.41) is 0. The summed E-state index contributed by atoms with van der Waals surface area (Å²) in [6.45, 7) is 5.75. The normalized spacial score (nSPS) is 21.5. The lowest BCUT2D eigenvalue weighted by Gasteiger charge is -2.24. The summed E-state index contributed by atoms with van der Waals surface area (Å²) >= 11 is 0. The molecule has 25 heavy (non-hydrogen) atoms. The maximum absolute atomic E-state index is 12.9. The fraction of sp³-hybridized carbons (Fsp3) is 0.409. The zero-order chi connectivity index (χ0) is 17.8. The largest absolute Gasteiger partial charge is 0.340 e. The van der Waals surface area contributed by atoms with E-state index in [0.29, 0.717) is 18.9 Å². The summed E-state index contributed by atoms with van der Waals surface area (Å²) in [7, 11) is 0. The Morgan fingerprint density at radius 1 is 1.04 bits per heavy atom. The Morgan fingerprint density at radius 3 is 2.24 bits per heavy atom. The molecule has 0 aromatic heterocycles. The van der Waals surface area contributed by atoms with Crippen LogP contribution in [0.2, 0.25) is 0 Å². The fourth-order valence-corrected chi connectivity index (χ4v) is 3.84. The molecule has 1 unspecified atom stereocenters. The van der Waals surface area contributed by atoms with Gasteiger partial charge in [-0.3, -0.25) is 4.79 Å². The average molecular weight is 336 g/mol. The van der Waals surface area contributed by atoms with Crippen molar-refractivity contribution in [1.82, 2.24) is 4.90 Å². The van der Waals surface area contributed by atoms with Crippen LogP contribution >= 0.6 is 0 Å². The lowest BCUT2D eigenvalue weighted by molar-refractivity contribution is -0.130. The van der Waals surface area contributed by atoms with Gasteiger partial charge in [0.1, 0.15) is 0 Å². The lowest BCUT2D eigenvalue weighted by Crippen LogP contribution is -2.33. The third-order valence-electron chi connectivity index (χ3n) is 5.37. The molecule has 0 bridgehead atoms. The second-order valence-electron chi connectivity index (χ2n) is 7.45. The zero-order valence-electron chi connectivity index (χ0n) is 15.1. The Morgan fingerprint density at radius 2 is 1.64 bits per heavy atom. The molecule has 0 radical (unpaired) electrons. The van der Waals surface area contributed by atoms with Crippen LogP contribution in [0.25, 0.3) is 0 Å². The van der Waals surface area contributed by atoms with Crippen LogP contribution in [0.1, 0.15) is 43.2 Å². The molecule has 2 aromatic rings. The van der Waals surface area contributed by atoms with Gasteiger partial charge in [-0.2, -0.15) is 0 Å². The number of hydrogen-bond acceptors (Lipinski definition) is 2. The second-order valence-corrected chi connectivity index (χ2v) is 7.45. The van der Waals surface area contributed by atoms with Crippen LogP contribution in [-0.2, 0) is 4.79 Å². The van der Waals surface area contributed by atoms with Gasteiger partial charge >= 0.3 is 0 Å². The molecular weight excluding hydrogens is 308 g/mol. The first-order chi connectivity index (χ1) is 12.1. The molecule has 0 aliphatic carbocycles. The molecule has 1 heterocycles. The van der Waals surface area contributed by atoms with E-state index in [1.54, 1.807) is 0 Å². The summed E-state index contributed by atoms with van der Waals surface area (Å²) in [5.74, 6) is 1.13. The van der Waals surface area contributed by atoms with E-state index in [4.69, 9.17) is 5.73 Å². The second kappa shape index (κ2) is 7.83. The fourth-order valence-electron chi connectivity index (χ4n) is 3.84. The first kappa shape index (κ1) is 17.7. The standard InChI is InChI=1S/C22H28N2O/c1-16(2)19(17-9-5-3-6-10-17)13-22(25)24-14-20(21(23)15-24)18-11-7-4-8-12-18/h3-12,16,19-21H,13-15,23H2,1-2H3/t19?,20-,21+/m0/s1. The van der Waals surface area contributed by atoms with Crippen molar-refractivity contribution in [2.45, 2.75) is 38.1 Å². The maximum atomic E-state index is 12.9. The van der Waals surface area contributed by atoms with E-state index in [9.17, 15) is 4.79 Å². The van der Waals surface area contributed by atoms with Gasteiger partial charge in [-0.25, -0.2) is 0 Å². The van der Waals surface area contributed by atoms with Gasteiger partial charge in [-0.15, -0.1) is 0 Å². The first-order valence-corrected chi connectivity index (χ1v) is 9.19. The summed E-state index contributed by atoms with van der Waals surface area (Å²) in [6.07, 6.45) is 0.551. The molecule has 0 saturated carbocycles. The van der Waals surface area contributed by atoms with Gasteiger partial charge in [0, 0.05) is 31.5 Å². The van der Waals surface area contributed by atoms with Crippen LogP contribution in [-0.4, -0.2) is 29.9 Å². The van der Waals surface area contributed by atoms with Crippen LogP contribution in [0.5, 0.6) is 0 Å². The van der Waals surface area contributed by atoms with E-state index in [1.165, 1.54) is 11.1 Å². The predicted octanol–water partition coefficient (Wildman–Crippen LogP) is 3.77. The summed E-state index contributed by atoms with van der Waals surface area (Å²) < 4.78 is 0. The Kier molecular flexibility index (Phi) is 5.54. The van der Waals surface area contributed by atoms with Crippen molar-refractivity contribution in [2.24, 2.45) is 11.7 Å². The van der Waals surface area contributed by atoms with Gasteiger partial charge in [0.05, 0.1) is 0 Å². The number of amides is 1. The molecular formula is C22H28N2O. The third-order valence-corrected chi connectivity index (χ3v) is 5.37. The monoisotopic (exact) mass is 336 g/mol. The number of likely N-dealkylation sites (tertiary alicyclic amines) is 1. The molecule has 1 aliphatic heterocycles. The number of rotatable bonds is 5. The topological polar surface area (TPSA) is 46.3 Å². The minimum Gasteiger partial charge on any atom is -0.340 e. The van der Waals surface area contributed by atoms with Crippen LogP contribution < -0.4 is 5.73 Å². The molecule has 1 fully saturated rings. The highest BCUT2D eigenvalue weighted by molar-refractivity contribution is 5.77. The minimum atomic E-state index is 0.0144. The summed E-state index contributed by atoms with van der Waals surface area (Å²) in [4.78, 5) is 14.9. The molecule has 2 N–H and O–H groups in total. The molecule has 3 rings (SSSR count). The van der Waals surface area contributed by atoms with E-state index < -0.39 is 0 Å². The number of nitrogens with zero attached hydrogens (tertiary/aromatic N) is 1. The van der Waals surface area contributed by atoms with Crippen LogP contribution in [0.15, 0.2) is 60.7 Å². The molecule has 3 heteroatoms. The molecule has 1 amide bonds. The van der Waals surface area contributed by atoms with E-state index in [-0.39, 0.29) is 23.8 Å². The molecule has 3 nitrogen and oxygen atoms in total. The van der Waals surface area contributed by atoms with Crippen molar-refractivity contribution in [1.29, 1.82) is 0 Å². The quantitative estimate of drug-likeness (QED) is 0.903. The SMILES string of the molecule is CC(C)C(CC(=O)N1C[C@@H](N)[C@H](c2ccccc2)C1)c1ccccc1. The Hall–Kier alpha value is -2.13. The number of hydrogen-bond donors (Lipinski definition) is 1. The minimum absolute atomic E-state index is 0.0144. The summed E-state index contributed by atoms with van der Waals surface area (Å²) in [5.41, 5.74) is 8.82. The number of carbonyl (C=O) groups is 1. The van der Waals surface area contributed by atoms with Crippen molar-refractivity contribution < 1.29 is 4.79 Å². The van der Waals surface area contributed by atoms with Crippen molar-refractivity contribution in [3.8, 4) is 0 Å². The van der Waals surface area contributed by atoms with Crippen molar-refractivity contribution >= 4 is 5.91 Å². The summed E-state index contributed by atoms with van der Waals surface area (Å²) in [6, 6.07) is 20.7. The van der Waals surface area contributed by atoms with E-state index >= 15 is 0 Å². The van der Waals surface area contributed by atoms with Crippen LogP contribution in [0, 0.1) is 5.92 Å². The highest BCUT2D eigenvalue weighted by Crippen LogP contribution is 2.31. The van der Waals surface area contributed by atoms with Crippen LogP contribution in [0.3, 0.4) is 0 Å². The lowest BCUT2D eigenvalue weighted by atomic mass is 9.85. The number of nitrogens with two attached hydrogens (primary N) is 1. The Balaban J connectivity index is 1.69. The number of carbonyl (C=O) groups excluding carboxylic acids is 1. The van der Waals surface area contributed by atoms with E-state index in [0.717, 1.165) is 6.54 Å². The highest BCUT2D eigenvalue weighted by atomic mass is 16.2. The Bertz CT molecular complexity index is 684. The average Bonchev–Trinajstić information content (AvgIpc) is 3.02. The van der Waals surface area contributed by atoms with Gasteiger partial charge < -0.3 is 10.6 Å². The smallest absolute Gasteiger partial charge is 0.223 e. The molecule has 3 atom stereocenters.